The van der Waals surface area contributed by atoms with Gasteiger partial charge in [-0.05, 0) is 22.6 Å². The van der Waals surface area contributed by atoms with Gasteiger partial charge < -0.3 is 29.4 Å². The monoisotopic (exact) mass is 594 g/mol. The maximum absolute atomic E-state index is 11.9. The molecule has 20 heteroatoms. The molecule has 16 nitrogen and oxygen atoms in total. The largest absolute Gasteiger partial charge is 0.490 e. The van der Waals surface area contributed by atoms with Crippen LogP contribution in [-0.4, -0.2) is 53.0 Å². The van der Waals surface area contributed by atoms with Gasteiger partial charge in [0.2, 0.25) is 0 Å². The van der Waals surface area contributed by atoms with E-state index in [1.54, 1.807) is 22.6 Å². The molecule has 1 aliphatic rings. The lowest BCUT2D eigenvalue weighted by molar-refractivity contribution is -0.0450. The maximum Gasteiger partial charge on any atom is 0.490 e. The van der Waals surface area contributed by atoms with Crippen LogP contribution in [0.25, 0.3) is 0 Å². The molecule has 2 rings (SSSR count). The Morgan fingerprint density at radius 2 is 1.79 bits per heavy atom. The van der Waals surface area contributed by atoms with E-state index in [-0.39, 0.29) is 9.99 Å². The van der Waals surface area contributed by atoms with Gasteiger partial charge in [0.25, 0.3) is 5.56 Å². The number of aromatic nitrogens is 2. The number of nitrogens with one attached hydrogen (secondary N) is 1. The van der Waals surface area contributed by atoms with Crippen molar-refractivity contribution in [3.63, 3.8) is 0 Å². The molecule has 3 unspecified atom stereocenters. The number of ether oxygens (including phenoxy) is 1. The molecule has 0 saturated carbocycles. The first kappa shape index (κ1) is 25.0. The van der Waals surface area contributed by atoms with Crippen molar-refractivity contribution in [2.45, 2.75) is 24.9 Å². The second-order valence-corrected chi connectivity index (χ2v) is 11.0. The molecule has 0 radical (unpaired) electrons. The highest BCUT2D eigenvalue weighted by molar-refractivity contribution is 14.1. The molecule has 0 spiro atoms. The SMILES string of the molecule is O=c1[nH]c(=O)n([C@@H]2CC(O)[C@H](COP(=O)(O)OP(=O)(O)OP(=O)(O)O)O2)cc1I. The third-order valence-electron chi connectivity index (χ3n) is 3.26. The third-order valence-corrected chi connectivity index (χ3v) is 7.83. The summed E-state index contributed by atoms with van der Waals surface area (Å²) >= 11 is 1.66. The van der Waals surface area contributed by atoms with Crippen LogP contribution in [0.4, 0.5) is 0 Å². The van der Waals surface area contributed by atoms with E-state index in [1.165, 1.54) is 6.20 Å². The summed E-state index contributed by atoms with van der Waals surface area (Å²) in [5.74, 6) is 0. The summed E-state index contributed by atoms with van der Waals surface area (Å²) in [5, 5.41) is 9.98. The van der Waals surface area contributed by atoms with E-state index in [0.717, 1.165) is 4.57 Å². The quantitative estimate of drug-likeness (QED) is 0.158. The van der Waals surface area contributed by atoms with Crippen LogP contribution < -0.4 is 11.2 Å². The van der Waals surface area contributed by atoms with Gasteiger partial charge in [-0.3, -0.25) is 18.9 Å². The van der Waals surface area contributed by atoms with Crippen molar-refractivity contribution < 1.29 is 56.3 Å². The number of phosphoric acid groups is 3. The molecule has 0 amide bonds. The van der Waals surface area contributed by atoms with Crippen LogP contribution in [0.2, 0.25) is 0 Å². The Balaban J connectivity index is 2.03. The molecule has 1 aromatic heterocycles. The summed E-state index contributed by atoms with van der Waals surface area (Å²) < 4.78 is 51.4. The molecule has 29 heavy (non-hydrogen) atoms. The van der Waals surface area contributed by atoms with Gasteiger partial charge in [-0.1, -0.05) is 0 Å². The highest BCUT2D eigenvalue weighted by atomic mass is 127. The number of aromatic amines is 1. The van der Waals surface area contributed by atoms with E-state index in [2.05, 4.69) is 13.1 Å². The molecule has 1 aromatic rings. The zero-order chi connectivity index (χ0) is 22.2. The number of aliphatic hydroxyl groups excluding tert-OH is 1. The van der Waals surface area contributed by atoms with Crippen molar-refractivity contribution >= 4 is 46.1 Å². The highest BCUT2D eigenvalue weighted by Gasteiger charge is 2.42. The first-order valence-electron chi connectivity index (χ1n) is 7.21. The second kappa shape index (κ2) is 9.08. The maximum atomic E-state index is 11.9. The lowest BCUT2D eigenvalue weighted by Gasteiger charge is -2.19. The fourth-order valence-electron chi connectivity index (χ4n) is 2.18. The summed E-state index contributed by atoms with van der Waals surface area (Å²) in [6.45, 7) is -0.878. The first-order chi connectivity index (χ1) is 13.1. The molecule has 1 fully saturated rings. The van der Waals surface area contributed by atoms with E-state index in [4.69, 9.17) is 19.4 Å². The predicted octanol–water partition coefficient (Wildman–Crippen LogP) is -0.867. The Kier molecular flexibility index (Phi) is 7.83. The van der Waals surface area contributed by atoms with Crippen LogP contribution in [-0.2, 0) is 31.6 Å². The number of hydrogen-bond donors (Lipinski definition) is 6. The Morgan fingerprint density at radius 3 is 2.38 bits per heavy atom. The van der Waals surface area contributed by atoms with Gasteiger partial charge in [0, 0.05) is 12.6 Å². The lowest BCUT2D eigenvalue weighted by atomic mass is 10.2. The minimum atomic E-state index is -5.67. The van der Waals surface area contributed by atoms with Crippen molar-refractivity contribution in [2.75, 3.05) is 6.61 Å². The molecule has 5 atom stereocenters. The number of nitrogens with zero attached hydrogens (tertiary/aromatic N) is 1. The van der Waals surface area contributed by atoms with Gasteiger partial charge >= 0.3 is 29.2 Å². The summed E-state index contributed by atoms with van der Waals surface area (Å²) in [6, 6.07) is 0. The Hall–Kier alpha value is -0.260. The fourth-order valence-corrected chi connectivity index (χ4v) is 5.65. The summed E-state index contributed by atoms with van der Waals surface area (Å²) in [7, 11) is -16.6. The van der Waals surface area contributed by atoms with Crippen molar-refractivity contribution in [1.29, 1.82) is 0 Å². The van der Waals surface area contributed by atoms with E-state index >= 15 is 0 Å². The molecule has 1 saturated heterocycles. The minimum Gasteiger partial charge on any atom is -0.390 e. The second-order valence-electron chi connectivity index (χ2n) is 5.46. The first-order valence-corrected chi connectivity index (χ1v) is 12.8. The molecule has 0 bridgehead atoms. The molecular formula is C9H14IN2O14P3. The standard InChI is InChI=1S/C9H14IN2O14P3/c10-4-2-12(9(15)11-8(4)14)7-1-5(13)6(24-7)3-23-28(19,20)26-29(21,22)25-27(16,17)18/h2,5-7,13H,1,3H2,(H,19,20)(H,21,22)(H,11,14,15)(H2,16,17,18)/t5?,6-,7-/m0/s1. The van der Waals surface area contributed by atoms with Gasteiger partial charge in [-0.2, -0.15) is 8.62 Å². The molecule has 0 aliphatic carbocycles. The topological polar surface area (TPSA) is 244 Å². The van der Waals surface area contributed by atoms with Crippen LogP contribution in [0, 0.1) is 3.57 Å². The van der Waals surface area contributed by atoms with Crippen molar-refractivity contribution in [2.24, 2.45) is 0 Å². The van der Waals surface area contributed by atoms with Crippen LogP contribution >= 0.6 is 46.1 Å². The number of halogens is 1. The normalized spacial score (nSPS) is 26.8. The Morgan fingerprint density at radius 1 is 1.17 bits per heavy atom. The van der Waals surface area contributed by atoms with Gasteiger partial charge in [-0.15, -0.1) is 0 Å². The van der Waals surface area contributed by atoms with Gasteiger partial charge in [-0.25, -0.2) is 18.5 Å². The lowest BCUT2D eigenvalue weighted by Crippen LogP contribution is -2.33. The minimum absolute atomic E-state index is 0.150. The van der Waals surface area contributed by atoms with Crippen LogP contribution in [0.1, 0.15) is 12.6 Å². The number of hydrogen-bond acceptors (Lipinski definition) is 10. The average Bonchev–Trinajstić information content (AvgIpc) is 2.86. The van der Waals surface area contributed by atoms with Gasteiger partial charge in [0.15, 0.2) is 0 Å². The third kappa shape index (κ3) is 7.43. The Bertz CT molecular complexity index is 1020. The zero-order valence-electron chi connectivity index (χ0n) is 13.8. The molecule has 2 heterocycles. The van der Waals surface area contributed by atoms with Crippen molar-refractivity contribution in [3.8, 4) is 0 Å². The molecule has 1 aliphatic heterocycles. The molecular weight excluding hydrogens is 580 g/mol. The smallest absolute Gasteiger partial charge is 0.390 e. The number of phosphoric ester groups is 1. The van der Waals surface area contributed by atoms with Gasteiger partial charge in [0.1, 0.15) is 12.3 Å². The van der Waals surface area contributed by atoms with E-state index in [0.29, 0.717) is 0 Å². The highest BCUT2D eigenvalue weighted by Crippen LogP contribution is 2.66. The number of aliphatic hydroxyl groups is 1. The fraction of sp³-hybridized carbons (Fsp3) is 0.556. The molecule has 6 N–H and O–H groups in total. The molecule has 0 aromatic carbocycles. The number of rotatable bonds is 8. The van der Waals surface area contributed by atoms with Crippen molar-refractivity contribution in [1.82, 2.24) is 9.55 Å². The van der Waals surface area contributed by atoms with Crippen LogP contribution in [0.5, 0.6) is 0 Å². The summed E-state index contributed by atoms with van der Waals surface area (Å²) in [5.41, 5.74) is -1.46. The van der Waals surface area contributed by atoms with Crippen LogP contribution in [0.3, 0.4) is 0 Å². The average molecular weight is 594 g/mol. The van der Waals surface area contributed by atoms with E-state index in [9.17, 15) is 33.3 Å². The summed E-state index contributed by atoms with van der Waals surface area (Å²) in [6.07, 6.45) is -2.70. The van der Waals surface area contributed by atoms with Crippen molar-refractivity contribution in [3.05, 3.63) is 30.6 Å². The van der Waals surface area contributed by atoms with E-state index < -0.39 is 59.8 Å². The van der Waals surface area contributed by atoms with E-state index in [1.807, 2.05) is 4.98 Å². The molecule has 166 valence electrons. The van der Waals surface area contributed by atoms with Crippen LogP contribution in [0.15, 0.2) is 15.8 Å². The van der Waals surface area contributed by atoms with Gasteiger partial charge in [0.05, 0.1) is 16.3 Å². The zero-order valence-corrected chi connectivity index (χ0v) is 18.6. The Labute approximate surface area is 174 Å². The number of H-pyrrole nitrogens is 1. The summed E-state index contributed by atoms with van der Waals surface area (Å²) in [4.78, 5) is 60.6. The predicted molar refractivity (Wildman–Crippen MR) is 98.4 cm³/mol.